The molecule has 0 spiro atoms. The average Bonchev–Trinajstić information content (AvgIpc) is 3.10. The Labute approximate surface area is 192 Å². The van der Waals surface area contributed by atoms with Gasteiger partial charge in [0.15, 0.2) is 0 Å². The quantitative estimate of drug-likeness (QED) is 0.637. The Balaban J connectivity index is 1.18. The van der Waals surface area contributed by atoms with Crippen LogP contribution in [0.5, 0.6) is 0 Å². The summed E-state index contributed by atoms with van der Waals surface area (Å²) >= 11 is 0. The molecule has 2 aromatic carbocycles. The minimum atomic E-state index is -0.794. The third kappa shape index (κ3) is 5.35. The van der Waals surface area contributed by atoms with E-state index in [9.17, 15) is 14.4 Å². The van der Waals surface area contributed by atoms with E-state index in [1.165, 1.54) is 11.1 Å². The molecule has 0 saturated carbocycles. The molecule has 1 aliphatic heterocycles. The van der Waals surface area contributed by atoms with Gasteiger partial charge in [-0.15, -0.1) is 0 Å². The third-order valence-corrected chi connectivity index (χ3v) is 6.11. The van der Waals surface area contributed by atoms with E-state index < -0.39 is 12.1 Å². The Kier molecular flexibility index (Phi) is 6.94. The van der Waals surface area contributed by atoms with Crippen LogP contribution in [0.4, 0.5) is 4.79 Å². The number of carbonyl (C=O) groups excluding carboxylic acids is 2. The number of carboxylic acids is 1. The summed E-state index contributed by atoms with van der Waals surface area (Å²) in [5, 5.41) is 11.2. The fraction of sp³-hybridized carbons (Fsp3) is 0.346. The van der Waals surface area contributed by atoms with Crippen LogP contribution in [0.15, 0.2) is 48.5 Å². The standard InChI is InChI=1S/C26H26N2O5/c29-24(28-15-18(16-28)7-5-13-25(30)31)12-6-14-27-26(32)33-17-23-21-10-3-1-8-19(21)20-9-2-4-11-22(20)23/h1-4,8-11,18,23H,5,7,13-17H2,(H,27,32)(H,30,31). The van der Waals surface area contributed by atoms with E-state index in [0.29, 0.717) is 25.4 Å². The highest BCUT2D eigenvalue weighted by Gasteiger charge is 2.30. The molecule has 0 aromatic heterocycles. The monoisotopic (exact) mass is 446 g/mol. The van der Waals surface area contributed by atoms with Gasteiger partial charge < -0.3 is 20.1 Å². The van der Waals surface area contributed by atoms with Gasteiger partial charge in [0.1, 0.15) is 6.61 Å². The second-order valence-electron chi connectivity index (χ2n) is 8.34. The van der Waals surface area contributed by atoms with E-state index in [2.05, 4.69) is 41.4 Å². The number of aliphatic carboxylic acids is 1. The topological polar surface area (TPSA) is 95.9 Å². The van der Waals surface area contributed by atoms with Crippen molar-refractivity contribution in [2.45, 2.75) is 25.2 Å². The van der Waals surface area contributed by atoms with Crippen molar-refractivity contribution < 1.29 is 24.2 Å². The molecule has 0 atom stereocenters. The Morgan fingerprint density at radius 1 is 1.03 bits per heavy atom. The molecule has 1 heterocycles. The largest absolute Gasteiger partial charge is 0.481 e. The number of rotatable bonds is 7. The molecule has 33 heavy (non-hydrogen) atoms. The van der Waals surface area contributed by atoms with Gasteiger partial charge in [0.2, 0.25) is 0 Å². The number of fused-ring (bicyclic) bond motifs is 3. The van der Waals surface area contributed by atoms with Gasteiger partial charge in [0.05, 0.1) is 6.54 Å². The number of carbonyl (C=O) groups is 3. The lowest BCUT2D eigenvalue weighted by Gasteiger charge is -2.38. The molecule has 2 N–H and O–H groups in total. The zero-order valence-electron chi connectivity index (χ0n) is 18.3. The summed E-state index contributed by atoms with van der Waals surface area (Å²) in [4.78, 5) is 36.3. The van der Waals surface area contributed by atoms with E-state index in [-0.39, 0.29) is 31.4 Å². The summed E-state index contributed by atoms with van der Waals surface area (Å²) in [6, 6.07) is 16.3. The molecule has 0 unspecified atom stereocenters. The lowest BCUT2D eigenvalue weighted by molar-refractivity contribution is -0.137. The van der Waals surface area contributed by atoms with Crippen LogP contribution < -0.4 is 5.32 Å². The second kappa shape index (κ2) is 10.2. The molecular weight excluding hydrogens is 420 g/mol. The molecule has 2 aromatic rings. The third-order valence-electron chi connectivity index (χ3n) is 6.11. The minimum Gasteiger partial charge on any atom is -0.481 e. The summed E-state index contributed by atoms with van der Waals surface area (Å²) in [5.74, 6) is 4.46. The number of nitrogens with one attached hydrogen (secondary N) is 1. The average molecular weight is 447 g/mol. The zero-order valence-corrected chi connectivity index (χ0v) is 18.3. The van der Waals surface area contributed by atoms with Crippen molar-refractivity contribution in [3.8, 4) is 23.0 Å². The number of hydrogen-bond acceptors (Lipinski definition) is 4. The zero-order chi connectivity index (χ0) is 23.2. The van der Waals surface area contributed by atoms with Crippen molar-refractivity contribution in [2.75, 3.05) is 26.2 Å². The Morgan fingerprint density at radius 3 is 2.30 bits per heavy atom. The molecular formula is C26H26N2O5. The smallest absolute Gasteiger partial charge is 0.407 e. The predicted octanol–water partition coefficient (Wildman–Crippen LogP) is 3.24. The fourth-order valence-electron chi connectivity index (χ4n) is 4.42. The number of carboxylic acid groups (broad SMARTS) is 1. The van der Waals surface area contributed by atoms with E-state index in [1.807, 2.05) is 24.3 Å². The number of ether oxygens (including phenoxy) is 1. The number of benzene rings is 2. The molecule has 1 fully saturated rings. The van der Waals surface area contributed by atoms with Crippen molar-refractivity contribution in [3.63, 3.8) is 0 Å². The Bertz CT molecular complexity index is 1070. The summed E-state index contributed by atoms with van der Waals surface area (Å²) in [6.07, 6.45) is 1.01. The highest BCUT2D eigenvalue weighted by atomic mass is 16.5. The van der Waals surface area contributed by atoms with Crippen LogP contribution in [0.25, 0.3) is 11.1 Å². The van der Waals surface area contributed by atoms with Crippen molar-refractivity contribution in [3.05, 3.63) is 59.7 Å². The lowest BCUT2D eigenvalue weighted by atomic mass is 9.94. The van der Waals surface area contributed by atoms with Gasteiger partial charge in [-0.2, -0.15) is 0 Å². The molecule has 0 radical (unpaired) electrons. The molecule has 7 heteroatoms. The van der Waals surface area contributed by atoms with E-state index in [1.54, 1.807) is 4.90 Å². The number of hydrogen-bond donors (Lipinski definition) is 2. The highest BCUT2D eigenvalue weighted by Crippen LogP contribution is 2.44. The van der Waals surface area contributed by atoms with Gasteiger partial charge in [-0.05, 0) is 46.9 Å². The molecule has 170 valence electrons. The SMILES string of the molecule is O=C(O)CCCC1CN(C(=O)C#CCNC(=O)OCC2c3ccccc3-c3ccccc32)C1. The number of amides is 2. The van der Waals surface area contributed by atoms with Crippen LogP contribution in [-0.4, -0.2) is 54.2 Å². The molecule has 0 bridgehead atoms. The maximum Gasteiger partial charge on any atom is 0.407 e. The summed E-state index contributed by atoms with van der Waals surface area (Å²) in [7, 11) is 0. The number of likely N-dealkylation sites (tertiary alicyclic amines) is 1. The predicted molar refractivity (Wildman–Crippen MR) is 122 cm³/mol. The van der Waals surface area contributed by atoms with Crippen molar-refractivity contribution in [1.82, 2.24) is 10.2 Å². The van der Waals surface area contributed by atoms with Gasteiger partial charge in [0.25, 0.3) is 5.91 Å². The van der Waals surface area contributed by atoms with Crippen LogP contribution in [0.3, 0.4) is 0 Å². The van der Waals surface area contributed by atoms with Crippen LogP contribution >= 0.6 is 0 Å². The summed E-state index contributed by atoms with van der Waals surface area (Å²) in [5.41, 5.74) is 4.63. The number of alkyl carbamates (subject to hydrolysis) is 1. The Morgan fingerprint density at radius 2 is 1.67 bits per heavy atom. The van der Waals surface area contributed by atoms with Crippen molar-refractivity contribution in [2.24, 2.45) is 5.92 Å². The maximum absolute atomic E-state index is 12.1. The summed E-state index contributed by atoms with van der Waals surface area (Å²) < 4.78 is 5.44. The molecule has 2 aliphatic rings. The van der Waals surface area contributed by atoms with Gasteiger partial charge in [0, 0.05) is 25.4 Å². The van der Waals surface area contributed by atoms with E-state index in [0.717, 1.165) is 17.5 Å². The van der Waals surface area contributed by atoms with E-state index >= 15 is 0 Å². The molecule has 1 aliphatic carbocycles. The normalized spacial score (nSPS) is 14.4. The van der Waals surface area contributed by atoms with Crippen LogP contribution in [0.1, 0.15) is 36.3 Å². The second-order valence-corrected chi connectivity index (χ2v) is 8.34. The van der Waals surface area contributed by atoms with Crippen molar-refractivity contribution >= 4 is 18.0 Å². The molecule has 7 nitrogen and oxygen atoms in total. The first-order valence-corrected chi connectivity index (χ1v) is 11.1. The fourth-order valence-corrected chi connectivity index (χ4v) is 4.42. The molecule has 2 amide bonds. The van der Waals surface area contributed by atoms with Crippen LogP contribution in [-0.2, 0) is 14.3 Å². The molecule has 4 rings (SSSR count). The minimum absolute atomic E-state index is 0.00864. The van der Waals surface area contributed by atoms with Crippen molar-refractivity contribution in [1.29, 1.82) is 0 Å². The van der Waals surface area contributed by atoms with Gasteiger partial charge in [-0.25, -0.2) is 4.79 Å². The van der Waals surface area contributed by atoms with Gasteiger partial charge >= 0.3 is 12.1 Å². The molecule has 1 saturated heterocycles. The van der Waals surface area contributed by atoms with Gasteiger partial charge in [-0.1, -0.05) is 54.5 Å². The number of nitrogens with zero attached hydrogens (tertiary/aromatic N) is 1. The van der Waals surface area contributed by atoms with Crippen LogP contribution in [0, 0.1) is 17.8 Å². The van der Waals surface area contributed by atoms with Gasteiger partial charge in [-0.3, -0.25) is 9.59 Å². The first-order valence-electron chi connectivity index (χ1n) is 11.1. The van der Waals surface area contributed by atoms with E-state index in [4.69, 9.17) is 9.84 Å². The maximum atomic E-state index is 12.1. The van der Waals surface area contributed by atoms with Crippen LogP contribution in [0.2, 0.25) is 0 Å². The summed E-state index contributed by atoms with van der Waals surface area (Å²) in [6.45, 7) is 1.46. The highest BCUT2D eigenvalue weighted by molar-refractivity contribution is 5.94. The first-order chi connectivity index (χ1) is 16.0. The lowest BCUT2D eigenvalue weighted by Crippen LogP contribution is -2.49. The Hall–Kier alpha value is -3.79. The first kappa shape index (κ1) is 22.4.